The van der Waals surface area contributed by atoms with Crippen molar-refractivity contribution in [1.82, 2.24) is 9.78 Å². The molecule has 16 heavy (non-hydrogen) atoms. The van der Waals surface area contributed by atoms with Crippen molar-refractivity contribution in [2.75, 3.05) is 5.73 Å². The summed E-state index contributed by atoms with van der Waals surface area (Å²) < 4.78 is 1.69. The monoisotopic (exact) mass is 235 g/mol. The first kappa shape index (κ1) is 11.0. The summed E-state index contributed by atoms with van der Waals surface area (Å²) in [5.74, 6) is 0.483. The lowest BCUT2D eigenvalue weighted by Crippen LogP contribution is -2.06. The second-order valence-corrected chi connectivity index (χ2v) is 4.44. The number of nitrogen functional groups attached to an aromatic ring is 1. The van der Waals surface area contributed by atoms with Crippen molar-refractivity contribution >= 4 is 17.4 Å². The van der Waals surface area contributed by atoms with E-state index in [1.54, 1.807) is 10.9 Å². The maximum atomic E-state index is 5.91. The zero-order chi connectivity index (χ0) is 11.9. The summed E-state index contributed by atoms with van der Waals surface area (Å²) in [4.78, 5) is 0. The summed E-state index contributed by atoms with van der Waals surface area (Å²) in [6, 6.07) is 4.22. The molecule has 0 unspecified atom stereocenters. The van der Waals surface area contributed by atoms with Crippen LogP contribution in [0.5, 0.6) is 0 Å². The highest BCUT2D eigenvalue weighted by atomic mass is 35.5. The van der Waals surface area contributed by atoms with Crippen molar-refractivity contribution in [2.24, 2.45) is 0 Å². The number of hydrogen-bond donors (Lipinski definition) is 1. The van der Waals surface area contributed by atoms with Crippen molar-refractivity contribution in [3.63, 3.8) is 0 Å². The first-order valence-corrected chi connectivity index (χ1v) is 5.45. The van der Waals surface area contributed by atoms with Gasteiger partial charge in [-0.1, -0.05) is 29.3 Å². The van der Waals surface area contributed by atoms with E-state index in [4.69, 9.17) is 17.3 Å². The molecule has 2 rings (SSSR count). The van der Waals surface area contributed by atoms with Gasteiger partial charge in [-0.3, -0.25) is 0 Å². The standard InChI is InChI=1S/C12H14ClN3/c1-7-4-8(2)11(9(3)5-7)16-12(14)10(13)6-15-16/h4-6H,14H2,1-3H3. The summed E-state index contributed by atoms with van der Waals surface area (Å²) in [6.45, 7) is 6.16. The molecule has 0 bridgehead atoms. The average Bonchev–Trinajstić information content (AvgIpc) is 2.48. The number of nitrogens with zero attached hydrogens (tertiary/aromatic N) is 2. The number of nitrogens with two attached hydrogens (primary N) is 1. The molecule has 0 spiro atoms. The third kappa shape index (κ3) is 1.67. The fraction of sp³-hybridized carbons (Fsp3) is 0.250. The maximum absolute atomic E-state index is 5.91. The van der Waals surface area contributed by atoms with Crippen molar-refractivity contribution in [3.05, 3.63) is 40.0 Å². The minimum Gasteiger partial charge on any atom is -0.382 e. The molecular weight excluding hydrogens is 222 g/mol. The molecule has 2 N–H and O–H groups in total. The Kier molecular flexibility index (Phi) is 2.64. The number of aromatic nitrogens is 2. The van der Waals surface area contributed by atoms with Crippen molar-refractivity contribution < 1.29 is 0 Å². The molecule has 1 heterocycles. The molecule has 0 atom stereocenters. The highest BCUT2D eigenvalue weighted by molar-refractivity contribution is 6.32. The van der Waals surface area contributed by atoms with Gasteiger partial charge in [0.15, 0.2) is 0 Å². The number of benzene rings is 1. The van der Waals surface area contributed by atoms with Crippen LogP contribution in [0.2, 0.25) is 5.02 Å². The third-order valence-electron chi connectivity index (χ3n) is 2.61. The Bertz CT molecular complexity index is 520. The van der Waals surface area contributed by atoms with Gasteiger partial charge in [0.05, 0.1) is 11.9 Å². The third-order valence-corrected chi connectivity index (χ3v) is 2.90. The molecule has 2 aromatic rings. The van der Waals surface area contributed by atoms with Gasteiger partial charge in [-0.2, -0.15) is 5.10 Å². The Balaban J connectivity index is 2.69. The largest absolute Gasteiger partial charge is 0.382 e. The molecule has 0 saturated heterocycles. The molecule has 1 aromatic carbocycles. The lowest BCUT2D eigenvalue weighted by atomic mass is 10.1. The topological polar surface area (TPSA) is 43.8 Å². The second kappa shape index (κ2) is 3.83. The van der Waals surface area contributed by atoms with Crippen molar-refractivity contribution in [1.29, 1.82) is 0 Å². The van der Waals surface area contributed by atoms with E-state index in [1.807, 2.05) is 13.8 Å². The smallest absolute Gasteiger partial charge is 0.146 e. The predicted molar refractivity (Wildman–Crippen MR) is 67.2 cm³/mol. The van der Waals surface area contributed by atoms with E-state index in [2.05, 4.69) is 24.2 Å². The molecule has 0 aliphatic carbocycles. The van der Waals surface area contributed by atoms with Gasteiger partial charge >= 0.3 is 0 Å². The van der Waals surface area contributed by atoms with Gasteiger partial charge in [-0.05, 0) is 31.9 Å². The first-order valence-electron chi connectivity index (χ1n) is 5.08. The molecule has 84 valence electrons. The van der Waals surface area contributed by atoms with E-state index < -0.39 is 0 Å². The highest BCUT2D eigenvalue weighted by Gasteiger charge is 2.11. The van der Waals surface area contributed by atoms with Gasteiger partial charge in [0.2, 0.25) is 0 Å². The molecule has 0 amide bonds. The summed E-state index contributed by atoms with van der Waals surface area (Å²) in [5.41, 5.74) is 10.4. The molecular formula is C12H14ClN3. The summed E-state index contributed by atoms with van der Waals surface area (Å²) >= 11 is 5.91. The first-order chi connectivity index (χ1) is 7.50. The van der Waals surface area contributed by atoms with Gasteiger partial charge in [-0.25, -0.2) is 4.68 Å². The van der Waals surface area contributed by atoms with Crippen LogP contribution in [0.3, 0.4) is 0 Å². The molecule has 1 aromatic heterocycles. The van der Waals surface area contributed by atoms with Crippen LogP contribution in [0.1, 0.15) is 16.7 Å². The Morgan fingerprint density at radius 3 is 2.19 bits per heavy atom. The van der Waals surface area contributed by atoms with Crippen molar-refractivity contribution in [2.45, 2.75) is 20.8 Å². The van der Waals surface area contributed by atoms with E-state index in [1.165, 1.54) is 5.56 Å². The molecule has 4 heteroatoms. The molecule has 0 aliphatic heterocycles. The molecule has 0 aliphatic rings. The average molecular weight is 236 g/mol. The number of anilines is 1. The Morgan fingerprint density at radius 1 is 1.19 bits per heavy atom. The predicted octanol–water partition coefficient (Wildman–Crippen LogP) is 3.03. The second-order valence-electron chi connectivity index (χ2n) is 4.04. The number of halogens is 1. The zero-order valence-electron chi connectivity index (χ0n) is 9.58. The van der Waals surface area contributed by atoms with Gasteiger partial charge in [-0.15, -0.1) is 0 Å². The summed E-state index contributed by atoms with van der Waals surface area (Å²) in [7, 11) is 0. The van der Waals surface area contributed by atoms with E-state index >= 15 is 0 Å². The Morgan fingerprint density at radius 2 is 1.75 bits per heavy atom. The molecule has 0 fully saturated rings. The van der Waals surface area contributed by atoms with E-state index in [0.717, 1.165) is 16.8 Å². The van der Waals surface area contributed by atoms with Crippen LogP contribution >= 0.6 is 11.6 Å². The molecule has 0 radical (unpaired) electrons. The van der Waals surface area contributed by atoms with E-state index in [9.17, 15) is 0 Å². The van der Waals surface area contributed by atoms with Gasteiger partial charge < -0.3 is 5.73 Å². The van der Waals surface area contributed by atoms with Crippen LogP contribution in [0, 0.1) is 20.8 Å². The van der Waals surface area contributed by atoms with Crippen LogP contribution in [0.15, 0.2) is 18.3 Å². The van der Waals surface area contributed by atoms with Crippen molar-refractivity contribution in [3.8, 4) is 5.69 Å². The summed E-state index contributed by atoms with van der Waals surface area (Å²) in [6.07, 6.45) is 1.57. The Hall–Kier alpha value is -1.48. The minimum atomic E-state index is 0.483. The van der Waals surface area contributed by atoms with Crippen LogP contribution in [-0.4, -0.2) is 9.78 Å². The van der Waals surface area contributed by atoms with Gasteiger partial charge in [0.1, 0.15) is 10.8 Å². The quantitative estimate of drug-likeness (QED) is 0.826. The summed E-state index contributed by atoms with van der Waals surface area (Å²) in [5, 5.41) is 4.68. The zero-order valence-corrected chi connectivity index (χ0v) is 10.3. The van der Waals surface area contributed by atoms with E-state index in [0.29, 0.717) is 10.8 Å². The maximum Gasteiger partial charge on any atom is 0.146 e. The fourth-order valence-corrected chi connectivity index (χ4v) is 2.15. The Labute approximate surface area is 99.8 Å². The van der Waals surface area contributed by atoms with Crippen LogP contribution in [0.4, 0.5) is 5.82 Å². The fourth-order valence-electron chi connectivity index (χ4n) is 2.02. The van der Waals surface area contributed by atoms with E-state index in [-0.39, 0.29) is 0 Å². The van der Waals surface area contributed by atoms with Crippen LogP contribution in [0.25, 0.3) is 5.69 Å². The number of hydrogen-bond acceptors (Lipinski definition) is 2. The number of rotatable bonds is 1. The van der Waals surface area contributed by atoms with Crippen LogP contribution < -0.4 is 5.73 Å². The highest BCUT2D eigenvalue weighted by Crippen LogP contribution is 2.26. The number of aryl methyl sites for hydroxylation is 3. The molecule has 3 nitrogen and oxygen atoms in total. The van der Waals surface area contributed by atoms with Crippen LogP contribution in [-0.2, 0) is 0 Å². The minimum absolute atomic E-state index is 0.483. The lowest BCUT2D eigenvalue weighted by Gasteiger charge is -2.12. The lowest BCUT2D eigenvalue weighted by molar-refractivity contribution is 0.874. The van der Waals surface area contributed by atoms with Gasteiger partial charge in [0.25, 0.3) is 0 Å². The SMILES string of the molecule is Cc1cc(C)c(-n2ncc(Cl)c2N)c(C)c1. The van der Waals surface area contributed by atoms with Gasteiger partial charge in [0, 0.05) is 0 Å². The molecule has 0 saturated carbocycles. The normalized spacial score (nSPS) is 10.8.